The Labute approximate surface area is 165 Å². The fraction of sp³-hybridized carbons (Fsp3) is 0.739. The van der Waals surface area contributed by atoms with Gasteiger partial charge in [0.05, 0.1) is 13.2 Å². The first kappa shape index (κ1) is 19.4. The molecule has 2 bridgehead atoms. The molecule has 4 aliphatic heterocycles. The molecule has 4 heterocycles. The van der Waals surface area contributed by atoms with Gasteiger partial charge >= 0.3 is 0 Å². The lowest BCUT2D eigenvalue weighted by atomic mass is 9.91. The van der Waals surface area contributed by atoms with Gasteiger partial charge in [0.15, 0.2) is 0 Å². The molecule has 4 fully saturated rings. The van der Waals surface area contributed by atoms with E-state index in [1.54, 1.807) is 0 Å². The molecule has 2 atom stereocenters. The molecule has 0 aromatic heterocycles. The Morgan fingerprint density at radius 3 is 2.44 bits per heavy atom. The maximum Gasteiger partial charge on any atom is 0.0594 e. The summed E-state index contributed by atoms with van der Waals surface area (Å²) in [5.74, 6) is 0.839. The largest absolute Gasteiger partial charge is 0.379 e. The molecule has 0 amide bonds. The molecule has 4 saturated heterocycles. The zero-order chi connectivity index (χ0) is 18.7. The highest BCUT2D eigenvalue weighted by Gasteiger charge is 2.36. The smallest absolute Gasteiger partial charge is 0.0594 e. The molecule has 0 radical (unpaired) electrons. The van der Waals surface area contributed by atoms with Crippen LogP contribution in [0, 0.1) is 11.3 Å². The Balaban J connectivity index is 1.35. The molecule has 5 rings (SSSR count). The monoisotopic (exact) mass is 371 g/mol. The summed E-state index contributed by atoms with van der Waals surface area (Å²) in [7, 11) is 0. The fourth-order valence-corrected chi connectivity index (χ4v) is 5.44. The van der Waals surface area contributed by atoms with Crippen LogP contribution in [0.1, 0.15) is 32.3 Å². The summed E-state index contributed by atoms with van der Waals surface area (Å²) >= 11 is 0. The van der Waals surface area contributed by atoms with Crippen LogP contribution in [0.2, 0.25) is 0 Å². The van der Waals surface area contributed by atoms with Crippen LogP contribution in [0.5, 0.6) is 0 Å². The summed E-state index contributed by atoms with van der Waals surface area (Å²) < 4.78 is 5.52. The van der Waals surface area contributed by atoms with Gasteiger partial charge in [-0.1, -0.05) is 44.2 Å². The highest BCUT2D eigenvalue weighted by molar-refractivity contribution is 5.15. The molecular formula is C23H37N3O. The van der Waals surface area contributed by atoms with Gasteiger partial charge < -0.3 is 9.64 Å². The summed E-state index contributed by atoms with van der Waals surface area (Å²) in [4.78, 5) is 8.14. The highest BCUT2D eigenvalue weighted by Crippen LogP contribution is 2.31. The normalized spacial score (nSPS) is 28.4. The average Bonchev–Trinajstić information content (AvgIpc) is 2.93. The number of rotatable bonds is 6. The van der Waals surface area contributed by atoms with Crippen molar-refractivity contribution in [2.24, 2.45) is 11.3 Å². The third kappa shape index (κ3) is 5.32. The number of morpholine rings is 1. The first-order chi connectivity index (χ1) is 13.1. The van der Waals surface area contributed by atoms with Crippen LogP contribution >= 0.6 is 0 Å². The zero-order valence-corrected chi connectivity index (χ0v) is 17.3. The van der Waals surface area contributed by atoms with Crippen molar-refractivity contribution in [1.29, 1.82) is 0 Å². The SMILES string of the molecule is CC(C)(CN1CCOCC1)CN1C[C@H]2CC[C@@H](C1)N(Cc1ccccc1)C2. The minimum absolute atomic E-state index is 0.339. The van der Waals surface area contributed by atoms with E-state index < -0.39 is 0 Å². The molecule has 1 aromatic rings. The molecular weight excluding hydrogens is 334 g/mol. The second-order valence-corrected chi connectivity index (χ2v) is 9.76. The van der Waals surface area contributed by atoms with Gasteiger partial charge in [0, 0.05) is 58.4 Å². The first-order valence-electron chi connectivity index (χ1n) is 10.9. The van der Waals surface area contributed by atoms with Crippen LogP contribution in [0.15, 0.2) is 30.3 Å². The Hall–Kier alpha value is -0.940. The maximum atomic E-state index is 5.52. The molecule has 0 aliphatic carbocycles. The zero-order valence-electron chi connectivity index (χ0n) is 17.3. The standard InChI is InChI=1S/C23H37N3O/c1-23(2,18-24-10-12-27-13-11-24)19-25-14-21-8-9-22(17-25)26(16-21)15-20-6-4-3-5-7-20/h3-7,21-22H,8-19H2,1-2H3/t21-,22+/m1/s1. The van der Waals surface area contributed by atoms with E-state index in [2.05, 4.69) is 58.9 Å². The van der Waals surface area contributed by atoms with Crippen molar-refractivity contribution < 1.29 is 4.74 Å². The van der Waals surface area contributed by atoms with Crippen LogP contribution in [0.3, 0.4) is 0 Å². The third-order valence-corrected chi connectivity index (χ3v) is 6.54. The van der Waals surface area contributed by atoms with Crippen molar-refractivity contribution in [2.45, 2.75) is 39.3 Å². The van der Waals surface area contributed by atoms with E-state index >= 15 is 0 Å². The molecule has 1 aromatic carbocycles. The van der Waals surface area contributed by atoms with E-state index in [0.29, 0.717) is 5.41 Å². The van der Waals surface area contributed by atoms with Crippen LogP contribution in [0.25, 0.3) is 0 Å². The summed E-state index contributed by atoms with van der Waals surface area (Å²) in [6.45, 7) is 16.2. The highest BCUT2D eigenvalue weighted by atomic mass is 16.5. The first-order valence-corrected chi connectivity index (χ1v) is 10.9. The number of fused-ring (bicyclic) bond motifs is 4. The number of hydrogen-bond donors (Lipinski definition) is 0. The van der Waals surface area contributed by atoms with Gasteiger partial charge in [0.2, 0.25) is 0 Å². The molecule has 0 spiro atoms. The Morgan fingerprint density at radius 1 is 0.926 bits per heavy atom. The van der Waals surface area contributed by atoms with E-state index in [1.807, 2.05) is 0 Å². The molecule has 4 nitrogen and oxygen atoms in total. The maximum absolute atomic E-state index is 5.52. The van der Waals surface area contributed by atoms with E-state index in [9.17, 15) is 0 Å². The number of ether oxygens (including phenoxy) is 1. The van der Waals surface area contributed by atoms with Gasteiger partial charge in [-0.15, -0.1) is 0 Å². The van der Waals surface area contributed by atoms with Gasteiger partial charge in [-0.05, 0) is 29.7 Å². The second kappa shape index (κ2) is 8.60. The van der Waals surface area contributed by atoms with Crippen LogP contribution in [-0.4, -0.2) is 79.8 Å². The Kier molecular flexibility index (Phi) is 6.18. The minimum atomic E-state index is 0.339. The third-order valence-electron chi connectivity index (χ3n) is 6.54. The summed E-state index contributed by atoms with van der Waals surface area (Å²) in [6.07, 6.45) is 2.79. The Bertz CT molecular complexity index is 585. The molecule has 0 N–H and O–H groups in total. The number of benzene rings is 1. The van der Waals surface area contributed by atoms with Gasteiger partial charge in [-0.25, -0.2) is 0 Å². The molecule has 0 saturated carbocycles. The van der Waals surface area contributed by atoms with E-state index in [4.69, 9.17) is 4.74 Å². The molecule has 4 aliphatic rings. The summed E-state index contributed by atoms with van der Waals surface area (Å²) in [5.41, 5.74) is 1.80. The predicted molar refractivity (Wildman–Crippen MR) is 111 cm³/mol. The van der Waals surface area contributed by atoms with Crippen LogP contribution < -0.4 is 0 Å². The number of piperidine rings is 1. The topological polar surface area (TPSA) is 19.0 Å². The van der Waals surface area contributed by atoms with Gasteiger partial charge in [-0.3, -0.25) is 9.80 Å². The summed E-state index contributed by atoms with van der Waals surface area (Å²) in [5, 5.41) is 0. The molecule has 27 heavy (non-hydrogen) atoms. The van der Waals surface area contributed by atoms with Crippen molar-refractivity contribution in [3.05, 3.63) is 35.9 Å². The van der Waals surface area contributed by atoms with E-state index in [1.165, 1.54) is 51.1 Å². The van der Waals surface area contributed by atoms with Crippen molar-refractivity contribution in [2.75, 3.05) is 59.0 Å². The number of hydrogen-bond acceptors (Lipinski definition) is 4. The van der Waals surface area contributed by atoms with E-state index in [0.717, 1.165) is 44.8 Å². The van der Waals surface area contributed by atoms with Crippen LogP contribution in [0.4, 0.5) is 0 Å². The van der Waals surface area contributed by atoms with E-state index in [-0.39, 0.29) is 0 Å². The van der Waals surface area contributed by atoms with Crippen molar-refractivity contribution >= 4 is 0 Å². The summed E-state index contributed by atoms with van der Waals surface area (Å²) in [6, 6.07) is 11.8. The van der Waals surface area contributed by atoms with Gasteiger partial charge in [0.25, 0.3) is 0 Å². The van der Waals surface area contributed by atoms with Crippen molar-refractivity contribution in [3.8, 4) is 0 Å². The lowest BCUT2D eigenvalue weighted by Gasteiger charge is -2.38. The predicted octanol–water partition coefficient (Wildman–Crippen LogP) is 2.94. The fourth-order valence-electron chi connectivity index (χ4n) is 5.44. The van der Waals surface area contributed by atoms with Gasteiger partial charge in [0.1, 0.15) is 0 Å². The number of nitrogens with zero attached hydrogens (tertiary/aromatic N) is 3. The van der Waals surface area contributed by atoms with Crippen molar-refractivity contribution in [1.82, 2.24) is 14.7 Å². The lowest BCUT2D eigenvalue weighted by molar-refractivity contribution is 0.0145. The van der Waals surface area contributed by atoms with Crippen molar-refractivity contribution in [3.63, 3.8) is 0 Å². The Morgan fingerprint density at radius 2 is 1.67 bits per heavy atom. The quantitative estimate of drug-likeness (QED) is 0.765. The molecule has 150 valence electrons. The molecule has 0 unspecified atom stereocenters. The van der Waals surface area contributed by atoms with Gasteiger partial charge in [-0.2, -0.15) is 0 Å². The van der Waals surface area contributed by atoms with Crippen LogP contribution in [-0.2, 0) is 11.3 Å². The average molecular weight is 372 g/mol. The lowest BCUT2D eigenvalue weighted by Crippen LogP contribution is -2.47. The minimum Gasteiger partial charge on any atom is -0.379 e. The second-order valence-electron chi connectivity index (χ2n) is 9.76. The molecule has 4 heteroatoms.